The first kappa shape index (κ1) is 89.9. The fraction of sp³-hybridized carbons (Fsp3) is 0.372. The number of fused-ring (bicyclic) bond motifs is 3. The number of hydrogen-bond acceptors (Lipinski definition) is 30. The standard InChI is InChI=1S/C30H38BrN8O2P.C29H36BrN8O2P.C27H32BrN8O2P/c1-7-19-16-24(26(41-4)17-25(19)39-14-10-20(11-15-39)38(2)3)36-30-34-18-21(31)29(37-30)35-23-9-8-22-27(33-13-12-32-22)28(23)42(5,6)40;1-18-15-23(25(40-4)16-24(18)38-13-9-19(10-14-38)37(2)3)35-29-33-17-20(30)28(36-29)34-22-8-7-21-26(32-12-11-31-21)27(22)41(5,6)39;1-17-14-21(23(38-3)15-22(17)36-12-10-35(2)11-13-36)33-27-31-16-18(28)26(34-27)32-20-7-6-19-24(30-9-8-29-19)25(20)39(4,5)37/h8-9,12-13,16-18,20H,7,10-11,14-15H2,1-6H3,(H2,34,35,36,37);7-8,11-12,15-17,19H,9-10,13-14H2,1-6H3,(H2,33,34,35,36);6-9,14-16H,10-13H2,1-5H3,(H2,31,32,33,34). The summed E-state index contributed by atoms with van der Waals surface area (Å²) in [7, 11) is 7.63. The number of benzene rings is 6. The number of halogens is 3. The molecule has 0 amide bonds. The van der Waals surface area contributed by atoms with Crippen molar-refractivity contribution in [2.75, 3.05) is 196 Å². The van der Waals surface area contributed by atoms with Crippen molar-refractivity contribution < 1.29 is 27.9 Å². The van der Waals surface area contributed by atoms with Crippen LogP contribution < -0.4 is 76.7 Å². The molecule has 9 heterocycles. The molecule has 0 unspecified atom stereocenters. The number of piperidine rings is 2. The number of aromatic nitrogens is 12. The lowest BCUT2D eigenvalue weighted by atomic mass is 10.0. The molecule has 6 N–H and O–H groups in total. The van der Waals surface area contributed by atoms with Crippen LogP contribution in [-0.4, -0.2) is 236 Å². The average Bonchev–Trinajstić information content (AvgIpc) is 0.792. The molecule has 3 saturated heterocycles. The van der Waals surface area contributed by atoms with E-state index in [0.29, 0.717) is 133 Å². The molecular weight excluding hydrogens is 1800 g/mol. The number of anilines is 15. The Morgan fingerprint density at radius 1 is 0.402 bits per heavy atom. The van der Waals surface area contributed by atoms with Gasteiger partial charge in [-0.25, -0.2) is 15.0 Å². The summed E-state index contributed by atoms with van der Waals surface area (Å²) in [5.74, 6) is 4.92. The van der Waals surface area contributed by atoms with Gasteiger partial charge in [0.2, 0.25) is 17.8 Å². The lowest BCUT2D eigenvalue weighted by molar-refractivity contribution is 0.249. The SMILES string of the molecule is CCc1cc(Nc2ncc(Br)c(Nc3ccc4nccnc4c3P(C)(C)=O)n2)c(OC)cc1N1CCC(N(C)C)CC1.COc1cc(N2CCC(N(C)C)CC2)c(C)cc1Nc1ncc(Br)c(Nc2ccc3nccnc3c2P(C)(C)=O)n1.COc1cc(N2CCN(C)CC2)c(C)cc1Nc1ncc(Br)c(Nc2ccc3nccnc3c2P(C)(C)=O)n1. The first-order valence-electron chi connectivity index (χ1n) is 40.2. The maximum absolute atomic E-state index is 13.4. The first-order chi connectivity index (χ1) is 58.3. The van der Waals surface area contributed by atoms with Crippen LogP contribution in [-0.2, 0) is 20.1 Å². The summed E-state index contributed by atoms with van der Waals surface area (Å²) in [5.41, 5.74) is 15.3. The van der Waals surface area contributed by atoms with Crippen LogP contribution in [0.15, 0.2) is 142 Å². The van der Waals surface area contributed by atoms with Crippen molar-refractivity contribution >= 4 is 205 Å². The van der Waals surface area contributed by atoms with Crippen molar-refractivity contribution in [2.45, 2.75) is 65.0 Å². The van der Waals surface area contributed by atoms with Crippen LogP contribution in [0.1, 0.15) is 49.3 Å². The van der Waals surface area contributed by atoms with Gasteiger partial charge in [0.05, 0.1) is 101 Å². The number of likely N-dealkylation sites (N-methyl/N-ethyl adjacent to an activating group) is 1. The summed E-state index contributed by atoms with van der Waals surface area (Å²) in [6.07, 6.45) is 20.2. The Bertz CT molecular complexity index is 5960. The number of rotatable bonds is 24. The van der Waals surface area contributed by atoms with Gasteiger partial charge in [-0.05, 0) is 240 Å². The molecule has 3 aliphatic rings. The number of piperazine rings is 1. The highest BCUT2D eigenvalue weighted by Gasteiger charge is 2.30. The van der Waals surface area contributed by atoms with E-state index in [2.05, 4.69) is 246 Å². The Morgan fingerprint density at radius 3 is 1.02 bits per heavy atom. The highest BCUT2D eigenvalue weighted by Crippen LogP contribution is 2.47. The highest BCUT2D eigenvalue weighted by molar-refractivity contribution is 9.11. The normalized spacial score (nSPS) is 14.5. The van der Waals surface area contributed by atoms with Gasteiger partial charge in [-0.2, -0.15) is 15.0 Å². The molecule has 15 rings (SSSR count). The molecule has 12 aromatic rings. The topological polar surface area (TPSA) is 325 Å². The van der Waals surface area contributed by atoms with Crippen molar-refractivity contribution in [2.24, 2.45) is 0 Å². The molecule has 122 heavy (non-hydrogen) atoms. The Morgan fingerprint density at radius 2 is 0.705 bits per heavy atom. The van der Waals surface area contributed by atoms with Crippen molar-refractivity contribution in [3.63, 3.8) is 0 Å². The molecule has 0 saturated carbocycles. The van der Waals surface area contributed by atoms with Gasteiger partial charge in [0.1, 0.15) is 72.7 Å². The van der Waals surface area contributed by atoms with E-state index in [4.69, 9.17) is 29.2 Å². The number of nitrogens with one attached hydrogen (secondary N) is 6. The van der Waals surface area contributed by atoms with Gasteiger partial charge < -0.3 is 89.2 Å². The largest absolute Gasteiger partial charge is 0.494 e. The van der Waals surface area contributed by atoms with Crippen LogP contribution >= 0.6 is 69.2 Å². The van der Waals surface area contributed by atoms with Crippen LogP contribution in [0.2, 0.25) is 0 Å². The molecule has 6 aromatic heterocycles. The van der Waals surface area contributed by atoms with Crippen LogP contribution in [0.25, 0.3) is 33.1 Å². The Labute approximate surface area is 738 Å². The van der Waals surface area contributed by atoms with E-state index >= 15 is 0 Å². The summed E-state index contributed by atoms with van der Waals surface area (Å²) in [6, 6.07) is 25.0. The van der Waals surface area contributed by atoms with Gasteiger partial charge in [0, 0.05) is 155 Å². The van der Waals surface area contributed by atoms with E-state index in [0.717, 1.165) is 124 Å². The smallest absolute Gasteiger partial charge is 0.229 e. The van der Waals surface area contributed by atoms with E-state index in [9.17, 15) is 13.7 Å². The number of ether oxygens (including phenoxy) is 3. The average molecular weight is 1900 g/mol. The minimum atomic E-state index is -2.73. The number of hydrogen-bond donors (Lipinski definition) is 6. The molecule has 0 spiro atoms. The summed E-state index contributed by atoms with van der Waals surface area (Å²) >= 11 is 10.7. The maximum Gasteiger partial charge on any atom is 0.229 e. The molecule has 0 radical (unpaired) electrons. The molecular formula is C86H106Br3N24O6P3. The molecule has 6 aromatic carbocycles. The molecule has 0 atom stereocenters. The zero-order chi connectivity index (χ0) is 87.1. The third kappa shape index (κ3) is 21.2. The second-order valence-electron chi connectivity index (χ2n) is 32.0. The minimum Gasteiger partial charge on any atom is -0.494 e. The number of methoxy groups -OCH3 is 3. The van der Waals surface area contributed by atoms with Crippen molar-refractivity contribution in [3.8, 4) is 17.2 Å². The lowest BCUT2D eigenvalue weighted by Crippen LogP contribution is -2.44. The van der Waals surface area contributed by atoms with Crippen molar-refractivity contribution in [3.05, 3.63) is 159 Å². The number of aryl methyl sites for hydroxylation is 3. The molecule has 36 heteroatoms. The first-order valence-corrected chi connectivity index (χ1v) is 50.4. The minimum absolute atomic E-state index is 0.393. The van der Waals surface area contributed by atoms with Gasteiger partial charge >= 0.3 is 0 Å². The molecule has 3 aliphatic heterocycles. The summed E-state index contributed by atoms with van der Waals surface area (Å²) in [4.78, 5) is 68.5. The molecule has 0 aliphatic carbocycles. The Hall–Kier alpha value is -9.81. The molecule has 3 fully saturated rings. The Balaban J connectivity index is 0.000000158. The van der Waals surface area contributed by atoms with Crippen LogP contribution in [0, 0.1) is 13.8 Å². The van der Waals surface area contributed by atoms with Gasteiger partial charge in [0.25, 0.3) is 0 Å². The highest BCUT2D eigenvalue weighted by atomic mass is 79.9. The second-order valence-corrected chi connectivity index (χ2v) is 44.0. The van der Waals surface area contributed by atoms with Crippen LogP contribution in [0.3, 0.4) is 0 Å². The predicted molar refractivity (Wildman–Crippen MR) is 510 cm³/mol. The van der Waals surface area contributed by atoms with Gasteiger partial charge in [-0.3, -0.25) is 29.9 Å². The molecule has 0 bridgehead atoms. The monoisotopic (exact) mass is 1900 g/mol. The molecule has 642 valence electrons. The van der Waals surface area contributed by atoms with Crippen molar-refractivity contribution in [1.82, 2.24) is 74.5 Å². The van der Waals surface area contributed by atoms with E-state index < -0.39 is 21.4 Å². The Kier molecular flexibility index (Phi) is 28.7. The van der Waals surface area contributed by atoms with Gasteiger partial charge in [-0.15, -0.1) is 0 Å². The third-order valence-corrected chi connectivity index (χ3v) is 28.3. The van der Waals surface area contributed by atoms with Crippen molar-refractivity contribution in [1.29, 1.82) is 0 Å². The summed E-state index contributed by atoms with van der Waals surface area (Å²) in [6.45, 7) is 24.8. The lowest BCUT2D eigenvalue weighted by Gasteiger charge is -2.37. The van der Waals surface area contributed by atoms with Gasteiger partial charge in [-0.1, -0.05) is 6.92 Å². The van der Waals surface area contributed by atoms with E-state index in [-0.39, 0.29) is 0 Å². The molecule has 30 nitrogen and oxygen atoms in total. The third-order valence-electron chi connectivity index (χ3n) is 21.9. The maximum atomic E-state index is 13.4. The van der Waals surface area contributed by atoms with E-state index in [1.165, 1.54) is 22.6 Å². The fourth-order valence-corrected chi connectivity index (χ4v) is 20.7. The fourth-order valence-electron chi connectivity index (χ4n) is 15.6. The van der Waals surface area contributed by atoms with Crippen LogP contribution in [0.5, 0.6) is 17.2 Å². The predicted octanol–water partition coefficient (Wildman–Crippen LogP) is 16.8. The van der Waals surface area contributed by atoms with E-state index in [1.54, 1.807) is 117 Å². The number of nitrogens with zero attached hydrogens (tertiary/aromatic N) is 18. The second kappa shape index (κ2) is 38.9. The zero-order valence-corrected chi connectivity index (χ0v) is 79.4. The van der Waals surface area contributed by atoms with Crippen LogP contribution in [0.4, 0.5) is 86.5 Å². The van der Waals surface area contributed by atoms with E-state index in [1.807, 2.05) is 36.4 Å². The zero-order valence-electron chi connectivity index (χ0n) is 71.9. The quantitative estimate of drug-likeness (QED) is 0.0306. The van der Waals surface area contributed by atoms with Gasteiger partial charge in [0.15, 0.2) is 0 Å². The summed E-state index contributed by atoms with van der Waals surface area (Å²) in [5, 5.41) is 22.0. The summed E-state index contributed by atoms with van der Waals surface area (Å²) < 4.78 is 59.4.